The number of carbonyl (C=O) groups excluding carboxylic acids is 1. The zero-order chi connectivity index (χ0) is 19.5. The minimum atomic E-state index is -3.59. The lowest BCUT2D eigenvalue weighted by Crippen LogP contribution is -2.37. The number of rotatable bonds is 6. The van der Waals surface area contributed by atoms with Gasteiger partial charge in [0.2, 0.25) is 15.9 Å². The van der Waals surface area contributed by atoms with Crippen LogP contribution in [0.15, 0.2) is 36.4 Å². The Kier molecular flexibility index (Phi) is 6.69. The van der Waals surface area contributed by atoms with Crippen molar-refractivity contribution in [1.29, 1.82) is 0 Å². The van der Waals surface area contributed by atoms with Crippen LogP contribution >= 0.6 is 23.2 Å². The van der Waals surface area contributed by atoms with E-state index in [1.54, 1.807) is 24.3 Å². The van der Waals surface area contributed by atoms with E-state index in [1.165, 1.54) is 0 Å². The second kappa shape index (κ2) is 8.39. The summed E-state index contributed by atoms with van der Waals surface area (Å²) < 4.78 is 25.2. The van der Waals surface area contributed by atoms with Crippen molar-refractivity contribution in [3.8, 4) is 0 Å². The quantitative estimate of drug-likeness (QED) is 0.775. The first kappa shape index (κ1) is 20.7. The fraction of sp³-hybridized carbons (Fsp3) is 0.278. The van der Waals surface area contributed by atoms with Crippen LogP contribution in [0.1, 0.15) is 16.7 Å². The highest BCUT2D eigenvalue weighted by Crippen LogP contribution is 2.24. The lowest BCUT2D eigenvalue weighted by Gasteiger charge is -2.20. The number of sulfonamides is 1. The minimum absolute atomic E-state index is 0.0238. The van der Waals surface area contributed by atoms with Crippen molar-refractivity contribution in [1.82, 2.24) is 4.31 Å². The first-order valence-electron chi connectivity index (χ1n) is 7.82. The number of benzene rings is 2. The predicted octanol–water partition coefficient (Wildman–Crippen LogP) is 4.01. The predicted molar refractivity (Wildman–Crippen MR) is 106 cm³/mol. The molecule has 0 bridgehead atoms. The molecular weight excluding hydrogens is 395 g/mol. The van der Waals surface area contributed by atoms with Gasteiger partial charge in [0.15, 0.2) is 0 Å². The normalized spacial score (nSPS) is 11.6. The van der Waals surface area contributed by atoms with Gasteiger partial charge in [0.1, 0.15) is 0 Å². The van der Waals surface area contributed by atoms with Gasteiger partial charge in [0.05, 0.1) is 22.8 Å². The van der Waals surface area contributed by atoms with Gasteiger partial charge in [0, 0.05) is 12.2 Å². The van der Waals surface area contributed by atoms with Gasteiger partial charge in [-0.2, -0.15) is 4.31 Å². The number of halogens is 2. The summed E-state index contributed by atoms with van der Waals surface area (Å²) in [6.45, 7) is 3.57. The summed E-state index contributed by atoms with van der Waals surface area (Å²) >= 11 is 11.9. The molecule has 0 aromatic heterocycles. The van der Waals surface area contributed by atoms with Crippen molar-refractivity contribution < 1.29 is 13.2 Å². The van der Waals surface area contributed by atoms with Crippen LogP contribution in [-0.2, 0) is 21.4 Å². The number of nitrogens with one attached hydrogen (secondary N) is 1. The minimum Gasteiger partial charge on any atom is -0.325 e. The Labute approximate surface area is 164 Å². The summed E-state index contributed by atoms with van der Waals surface area (Å²) in [7, 11) is -3.59. The van der Waals surface area contributed by atoms with Crippen LogP contribution in [0, 0.1) is 13.8 Å². The van der Waals surface area contributed by atoms with Crippen LogP contribution < -0.4 is 5.32 Å². The van der Waals surface area contributed by atoms with E-state index in [4.69, 9.17) is 23.2 Å². The first-order valence-corrected chi connectivity index (χ1v) is 10.4. The summed E-state index contributed by atoms with van der Waals surface area (Å²) in [5, 5.41) is 3.47. The largest absolute Gasteiger partial charge is 0.325 e. The van der Waals surface area contributed by atoms with E-state index >= 15 is 0 Å². The van der Waals surface area contributed by atoms with Crippen molar-refractivity contribution in [2.24, 2.45) is 0 Å². The van der Waals surface area contributed by atoms with Crippen molar-refractivity contribution >= 4 is 44.8 Å². The molecule has 0 aliphatic carbocycles. The van der Waals surface area contributed by atoms with Crippen molar-refractivity contribution in [2.75, 3.05) is 18.1 Å². The molecule has 8 heteroatoms. The molecule has 1 amide bonds. The molecule has 2 aromatic carbocycles. The third kappa shape index (κ3) is 5.71. The Hall–Kier alpha value is -1.60. The second-order valence-electron chi connectivity index (χ2n) is 6.15. The molecule has 0 radical (unpaired) electrons. The fourth-order valence-electron chi connectivity index (χ4n) is 2.44. The Morgan fingerprint density at radius 2 is 1.77 bits per heavy atom. The molecule has 0 aliphatic rings. The molecule has 0 saturated heterocycles. The molecule has 0 fully saturated rings. The number of carbonyl (C=O) groups is 1. The zero-order valence-electron chi connectivity index (χ0n) is 14.7. The molecule has 5 nitrogen and oxygen atoms in total. The SMILES string of the molecule is Cc1ccc(NC(=O)CN(Cc2ccc(Cl)c(Cl)c2)S(C)(=O)=O)c(C)c1. The molecular formula is C18H20Cl2N2O3S. The van der Waals surface area contributed by atoms with Gasteiger partial charge in [-0.3, -0.25) is 4.79 Å². The topological polar surface area (TPSA) is 66.5 Å². The number of nitrogens with zero attached hydrogens (tertiary/aromatic N) is 1. The number of aryl methyl sites for hydroxylation is 2. The summed E-state index contributed by atoms with van der Waals surface area (Å²) in [5.41, 5.74) is 3.29. The lowest BCUT2D eigenvalue weighted by molar-refractivity contribution is -0.116. The van der Waals surface area contributed by atoms with E-state index in [-0.39, 0.29) is 13.1 Å². The summed E-state index contributed by atoms with van der Waals surface area (Å²) in [6.07, 6.45) is 1.06. The Morgan fingerprint density at radius 1 is 1.08 bits per heavy atom. The van der Waals surface area contributed by atoms with Crippen LogP contribution in [-0.4, -0.2) is 31.4 Å². The van der Waals surface area contributed by atoms with E-state index in [1.807, 2.05) is 26.0 Å². The highest BCUT2D eigenvalue weighted by Gasteiger charge is 2.21. The van der Waals surface area contributed by atoms with Gasteiger partial charge < -0.3 is 5.32 Å². The number of amides is 1. The van der Waals surface area contributed by atoms with Crippen LogP contribution in [0.2, 0.25) is 10.0 Å². The van der Waals surface area contributed by atoms with E-state index < -0.39 is 15.9 Å². The third-order valence-electron chi connectivity index (χ3n) is 3.79. The highest BCUT2D eigenvalue weighted by molar-refractivity contribution is 7.88. The van der Waals surface area contributed by atoms with Crippen molar-refractivity contribution in [3.05, 3.63) is 63.1 Å². The molecule has 0 unspecified atom stereocenters. The Bertz CT molecular complexity index is 930. The van der Waals surface area contributed by atoms with E-state index in [0.29, 0.717) is 21.3 Å². The zero-order valence-corrected chi connectivity index (χ0v) is 17.0. The Balaban J connectivity index is 2.14. The summed E-state index contributed by atoms with van der Waals surface area (Å²) in [5.74, 6) is -0.414. The molecule has 0 spiro atoms. The van der Waals surface area contributed by atoms with E-state index in [0.717, 1.165) is 21.7 Å². The summed E-state index contributed by atoms with van der Waals surface area (Å²) in [6, 6.07) is 10.5. The Morgan fingerprint density at radius 3 is 2.35 bits per heavy atom. The van der Waals surface area contributed by atoms with Crippen molar-refractivity contribution in [3.63, 3.8) is 0 Å². The molecule has 26 heavy (non-hydrogen) atoms. The summed E-state index contributed by atoms with van der Waals surface area (Å²) in [4.78, 5) is 12.4. The molecule has 2 rings (SSSR count). The first-order chi connectivity index (χ1) is 12.1. The standard InChI is InChI=1S/C18H20Cl2N2O3S/c1-12-4-7-17(13(2)8-12)21-18(23)11-22(26(3,24)25)10-14-5-6-15(19)16(20)9-14/h4-9H,10-11H2,1-3H3,(H,21,23). The van der Waals surface area contributed by atoms with Crippen LogP contribution in [0.25, 0.3) is 0 Å². The number of anilines is 1. The average Bonchev–Trinajstić information content (AvgIpc) is 2.52. The van der Waals surface area contributed by atoms with E-state index in [2.05, 4.69) is 5.32 Å². The van der Waals surface area contributed by atoms with Gasteiger partial charge in [0.25, 0.3) is 0 Å². The van der Waals surface area contributed by atoms with E-state index in [9.17, 15) is 13.2 Å². The third-order valence-corrected chi connectivity index (χ3v) is 5.72. The van der Waals surface area contributed by atoms with Gasteiger partial charge in [-0.1, -0.05) is 47.0 Å². The average molecular weight is 415 g/mol. The molecule has 0 aliphatic heterocycles. The molecule has 140 valence electrons. The van der Waals surface area contributed by atoms with Crippen LogP contribution in [0.5, 0.6) is 0 Å². The lowest BCUT2D eigenvalue weighted by atomic mass is 10.1. The second-order valence-corrected chi connectivity index (χ2v) is 8.94. The van der Waals surface area contributed by atoms with Crippen LogP contribution in [0.4, 0.5) is 5.69 Å². The van der Waals surface area contributed by atoms with Crippen molar-refractivity contribution in [2.45, 2.75) is 20.4 Å². The van der Waals surface area contributed by atoms with Crippen LogP contribution in [0.3, 0.4) is 0 Å². The van der Waals surface area contributed by atoms with Gasteiger partial charge >= 0.3 is 0 Å². The molecule has 2 aromatic rings. The monoisotopic (exact) mass is 414 g/mol. The van der Waals surface area contributed by atoms with Gasteiger partial charge in [-0.15, -0.1) is 0 Å². The van der Waals surface area contributed by atoms with Gasteiger partial charge in [-0.05, 0) is 43.2 Å². The molecule has 0 heterocycles. The molecule has 0 saturated carbocycles. The van der Waals surface area contributed by atoms with Gasteiger partial charge in [-0.25, -0.2) is 8.42 Å². The molecule has 1 N–H and O–H groups in total. The number of hydrogen-bond acceptors (Lipinski definition) is 3. The fourth-order valence-corrected chi connectivity index (χ4v) is 3.49. The maximum Gasteiger partial charge on any atom is 0.239 e. The smallest absolute Gasteiger partial charge is 0.239 e. The number of hydrogen-bond donors (Lipinski definition) is 1. The highest BCUT2D eigenvalue weighted by atomic mass is 35.5. The maximum atomic E-state index is 12.4. The molecule has 0 atom stereocenters. The maximum absolute atomic E-state index is 12.4.